The van der Waals surface area contributed by atoms with Gasteiger partial charge in [0.05, 0.1) is 0 Å². The van der Waals surface area contributed by atoms with Crippen LogP contribution in [0.5, 0.6) is 0 Å². The number of pyridine rings is 1. The number of aromatic nitrogens is 1. The lowest BCUT2D eigenvalue weighted by molar-refractivity contribution is 0.0909. The van der Waals surface area contributed by atoms with Gasteiger partial charge in [-0.25, -0.2) is 0 Å². The third-order valence-electron chi connectivity index (χ3n) is 5.98. The molecule has 0 saturated heterocycles. The Kier molecular flexibility index (Phi) is 5.59. The van der Waals surface area contributed by atoms with Crippen LogP contribution in [0.1, 0.15) is 72.0 Å². The molecule has 1 N–H and O–H groups in total. The third-order valence-corrected chi connectivity index (χ3v) is 5.98. The van der Waals surface area contributed by atoms with Crippen molar-refractivity contribution in [2.24, 2.45) is 5.41 Å². The van der Waals surface area contributed by atoms with Gasteiger partial charge in [0, 0.05) is 29.1 Å². The number of para-hydroxylation sites is 1. The second-order valence-electron chi connectivity index (χ2n) is 9.57. The second-order valence-corrected chi connectivity index (χ2v) is 9.57. The van der Waals surface area contributed by atoms with Gasteiger partial charge in [-0.2, -0.15) is 0 Å². The molecule has 0 atom stereocenters. The molecule has 0 aliphatic heterocycles. The number of hydrogen-bond acceptors (Lipinski definition) is 3. The lowest BCUT2D eigenvalue weighted by Crippen LogP contribution is -2.37. The quantitative estimate of drug-likeness (QED) is 0.608. The number of hydrogen-bond donors (Lipinski definition) is 1. The summed E-state index contributed by atoms with van der Waals surface area (Å²) in [6, 6.07) is 18.2. The fourth-order valence-electron chi connectivity index (χ4n) is 4.28. The van der Waals surface area contributed by atoms with Crippen molar-refractivity contribution >= 4 is 17.4 Å². The van der Waals surface area contributed by atoms with Gasteiger partial charge >= 0.3 is 0 Å². The maximum Gasteiger partial charge on any atom is 0.268 e. The Hall–Kier alpha value is -3.47. The molecule has 5 heteroatoms. The molecule has 1 heterocycles. The van der Waals surface area contributed by atoms with E-state index in [0.717, 1.165) is 5.56 Å². The summed E-state index contributed by atoms with van der Waals surface area (Å²) in [6.45, 7) is 8.25. The zero-order chi connectivity index (χ0) is 23.0. The summed E-state index contributed by atoms with van der Waals surface area (Å²) in [5.74, 6) is -0.178. The Morgan fingerprint density at radius 3 is 2.25 bits per heavy atom. The van der Waals surface area contributed by atoms with Crippen molar-refractivity contribution < 1.29 is 9.59 Å². The number of fused-ring (bicyclic) bond motifs is 1. The average molecular weight is 429 g/mol. The van der Waals surface area contributed by atoms with Crippen molar-refractivity contribution in [2.45, 2.75) is 46.5 Å². The van der Waals surface area contributed by atoms with Gasteiger partial charge in [0.15, 0.2) is 5.78 Å². The molecule has 0 unspecified atom stereocenters. The van der Waals surface area contributed by atoms with E-state index in [1.54, 1.807) is 0 Å². The Labute approximate surface area is 188 Å². The summed E-state index contributed by atoms with van der Waals surface area (Å²) in [7, 11) is 0. The highest BCUT2D eigenvalue weighted by atomic mass is 16.2. The lowest BCUT2D eigenvalue weighted by atomic mass is 9.75. The van der Waals surface area contributed by atoms with E-state index in [9.17, 15) is 14.4 Å². The van der Waals surface area contributed by atoms with Crippen LogP contribution in [0.25, 0.3) is 5.69 Å². The van der Waals surface area contributed by atoms with Gasteiger partial charge < -0.3 is 5.32 Å². The Morgan fingerprint density at radius 2 is 1.62 bits per heavy atom. The van der Waals surface area contributed by atoms with Gasteiger partial charge in [0.25, 0.3) is 11.5 Å². The number of carbonyl (C=O) groups excluding carboxylic acids is 2. The zero-order valence-electron chi connectivity index (χ0n) is 18.9. The topological polar surface area (TPSA) is 68.2 Å². The summed E-state index contributed by atoms with van der Waals surface area (Å²) >= 11 is 0. The molecule has 32 heavy (non-hydrogen) atoms. The normalized spacial score (nSPS) is 14.8. The summed E-state index contributed by atoms with van der Waals surface area (Å²) in [5.41, 5.74) is 2.83. The minimum absolute atomic E-state index is 0.0337. The van der Waals surface area contributed by atoms with E-state index in [0.29, 0.717) is 41.4 Å². The highest BCUT2D eigenvalue weighted by Gasteiger charge is 2.35. The molecule has 1 aromatic heterocycles. The van der Waals surface area contributed by atoms with E-state index in [1.807, 2.05) is 68.4 Å². The molecule has 0 spiro atoms. The number of nitrogens with one attached hydrogen (secondary N) is 1. The Bertz CT molecular complexity index is 1240. The number of ketones is 1. The highest BCUT2D eigenvalue weighted by Crippen LogP contribution is 2.35. The molecular weight excluding hydrogens is 400 g/mol. The Balaban J connectivity index is 1.81. The van der Waals surface area contributed by atoms with Crippen molar-refractivity contribution in [1.82, 2.24) is 4.57 Å². The molecule has 0 fully saturated rings. The Morgan fingerprint density at radius 1 is 0.969 bits per heavy atom. The maximum atomic E-state index is 13.5. The van der Waals surface area contributed by atoms with Crippen molar-refractivity contribution in [1.29, 1.82) is 0 Å². The number of carbonyl (C=O) groups is 2. The van der Waals surface area contributed by atoms with Crippen molar-refractivity contribution in [2.75, 3.05) is 5.32 Å². The predicted molar refractivity (Wildman–Crippen MR) is 127 cm³/mol. The fraction of sp³-hybridized carbons (Fsp3) is 0.296. The zero-order valence-corrected chi connectivity index (χ0v) is 18.9. The van der Waals surface area contributed by atoms with Crippen LogP contribution >= 0.6 is 0 Å². The van der Waals surface area contributed by atoms with Crippen molar-refractivity contribution in [3.05, 3.63) is 93.4 Å². The summed E-state index contributed by atoms with van der Waals surface area (Å²) in [5, 5.41) is 2.82. The number of anilines is 1. The summed E-state index contributed by atoms with van der Waals surface area (Å²) in [6.07, 6.45) is 0.960. The first kappa shape index (κ1) is 21.8. The van der Waals surface area contributed by atoms with E-state index in [-0.39, 0.29) is 16.8 Å². The van der Waals surface area contributed by atoms with Crippen LogP contribution in [0.2, 0.25) is 0 Å². The SMILES string of the molecule is CC(C)c1ccc(NC(=O)c2cc3c(n(-c4ccccc4)c2=O)CC(C)(C)CC3=O)cc1. The molecule has 5 nitrogen and oxygen atoms in total. The van der Waals surface area contributed by atoms with Crippen molar-refractivity contribution in [3.63, 3.8) is 0 Å². The molecule has 4 rings (SSSR count). The van der Waals surface area contributed by atoms with E-state index >= 15 is 0 Å². The van der Waals surface area contributed by atoms with Gasteiger partial charge in [-0.05, 0) is 53.6 Å². The van der Waals surface area contributed by atoms with E-state index in [2.05, 4.69) is 19.2 Å². The monoisotopic (exact) mass is 428 g/mol. The predicted octanol–water partition coefficient (Wildman–Crippen LogP) is 5.37. The number of rotatable bonds is 4. The molecule has 3 aromatic rings. The van der Waals surface area contributed by atoms with Crippen LogP contribution in [0.3, 0.4) is 0 Å². The molecule has 0 bridgehead atoms. The van der Waals surface area contributed by atoms with Gasteiger partial charge in [-0.1, -0.05) is 58.0 Å². The van der Waals surface area contributed by atoms with Gasteiger partial charge in [0.1, 0.15) is 5.56 Å². The first-order valence-electron chi connectivity index (χ1n) is 11.0. The van der Waals surface area contributed by atoms with Gasteiger partial charge in [-0.3, -0.25) is 19.0 Å². The molecule has 1 aliphatic carbocycles. The summed E-state index contributed by atoms with van der Waals surface area (Å²) < 4.78 is 1.53. The molecule has 1 aliphatic rings. The molecule has 0 saturated carbocycles. The number of nitrogens with zero attached hydrogens (tertiary/aromatic N) is 1. The first-order chi connectivity index (χ1) is 15.2. The molecule has 0 radical (unpaired) electrons. The van der Waals surface area contributed by atoms with Crippen molar-refractivity contribution in [3.8, 4) is 5.69 Å². The van der Waals surface area contributed by atoms with Crippen LogP contribution in [0.4, 0.5) is 5.69 Å². The number of Topliss-reactive ketones (excluding diaryl/α,β-unsaturated/α-hetero) is 1. The van der Waals surface area contributed by atoms with E-state index in [4.69, 9.17) is 0 Å². The highest BCUT2D eigenvalue weighted by molar-refractivity contribution is 6.07. The lowest BCUT2D eigenvalue weighted by Gasteiger charge is -2.32. The van der Waals surface area contributed by atoms with E-state index in [1.165, 1.54) is 10.6 Å². The molecule has 1 amide bonds. The standard InChI is InChI=1S/C27H28N2O3/c1-17(2)18-10-12-19(13-11-18)28-25(31)22-14-21-23(15-27(3,4)16-24(21)30)29(26(22)32)20-8-6-5-7-9-20/h5-14,17H,15-16H2,1-4H3,(H,28,31). The number of amides is 1. The van der Waals surface area contributed by atoms with Crippen LogP contribution in [-0.2, 0) is 6.42 Å². The van der Waals surface area contributed by atoms with Crippen LogP contribution in [0, 0.1) is 5.41 Å². The third kappa shape index (κ3) is 4.15. The van der Waals surface area contributed by atoms with Gasteiger partial charge in [0.2, 0.25) is 0 Å². The second kappa shape index (κ2) is 8.23. The molecule has 164 valence electrons. The minimum atomic E-state index is -0.516. The van der Waals surface area contributed by atoms with Gasteiger partial charge in [-0.15, -0.1) is 0 Å². The van der Waals surface area contributed by atoms with Crippen LogP contribution < -0.4 is 10.9 Å². The summed E-state index contributed by atoms with van der Waals surface area (Å²) in [4.78, 5) is 39.6. The smallest absolute Gasteiger partial charge is 0.268 e. The van der Waals surface area contributed by atoms with Crippen LogP contribution in [-0.4, -0.2) is 16.3 Å². The number of benzene rings is 2. The maximum absolute atomic E-state index is 13.5. The van der Waals surface area contributed by atoms with Crippen LogP contribution in [0.15, 0.2) is 65.5 Å². The average Bonchev–Trinajstić information content (AvgIpc) is 2.73. The molecule has 2 aromatic carbocycles. The molecular formula is C27H28N2O3. The van der Waals surface area contributed by atoms with E-state index < -0.39 is 11.5 Å². The fourth-order valence-corrected chi connectivity index (χ4v) is 4.28. The largest absolute Gasteiger partial charge is 0.322 e. The minimum Gasteiger partial charge on any atom is -0.322 e. The first-order valence-corrected chi connectivity index (χ1v) is 11.0.